The number of hydrogen-bond acceptors (Lipinski definition) is 3. The van der Waals surface area contributed by atoms with Gasteiger partial charge in [-0.05, 0) is 36.8 Å². The Morgan fingerprint density at radius 3 is 2.52 bits per heavy atom. The number of hydrogen-bond donors (Lipinski definition) is 1. The van der Waals surface area contributed by atoms with Crippen molar-refractivity contribution < 1.29 is 9.47 Å². The zero-order valence-corrected chi connectivity index (χ0v) is 13.5. The summed E-state index contributed by atoms with van der Waals surface area (Å²) in [5.41, 5.74) is 1.92. The van der Waals surface area contributed by atoms with Crippen LogP contribution in [0.3, 0.4) is 0 Å². The van der Waals surface area contributed by atoms with E-state index in [9.17, 15) is 0 Å². The zero-order valence-electron chi connectivity index (χ0n) is 12.0. The number of anilines is 1. The Morgan fingerprint density at radius 2 is 1.86 bits per heavy atom. The van der Waals surface area contributed by atoms with E-state index >= 15 is 0 Å². The van der Waals surface area contributed by atoms with Crippen LogP contribution >= 0.6 is 23.2 Å². The van der Waals surface area contributed by atoms with Crippen LogP contribution in [0, 0.1) is 0 Å². The summed E-state index contributed by atoms with van der Waals surface area (Å²) in [6, 6.07) is 11.2. The van der Waals surface area contributed by atoms with E-state index in [-0.39, 0.29) is 0 Å². The minimum atomic E-state index is 0.586. The highest BCUT2D eigenvalue weighted by Gasteiger charge is 2.06. The Balaban J connectivity index is 2.10. The molecule has 112 valence electrons. The number of halogens is 2. The minimum absolute atomic E-state index is 0.586. The van der Waals surface area contributed by atoms with E-state index in [4.69, 9.17) is 32.7 Å². The third kappa shape index (κ3) is 4.19. The summed E-state index contributed by atoms with van der Waals surface area (Å²) in [6.45, 7) is 3.13. The van der Waals surface area contributed by atoms with Crippen LogP contribution in [0.25, 0.3) is 0 Å². The Bertz CT molecular complexity index is 617. The lowest BCUT2D eigenvalue weighted by atomic mass is 10.2. The first-order valence-electron chi connectivity index (χ1n) is 6.62. The van der Waals surface area contributed by atoms with Crippen molar-refractivity contribution in [1.29, 1.82) is 0 Å². The van der Waals surface area contributed by atoms with E-state index in [2.05, 4.69) is 5.32 Å². The minimum Gasteiger partial charge on any atom is -0.493 e. The highest BCUT2D eigenvalue weighted by Crippen LogP contribution is 2.30. The standard InChI is InChI=1S/C16H17Cl2NO2/c1-3-21-16-9-13(6-7-15(16)20-2)19-10-11-4-5-12(17)8-14(11)18/h4-9,19H,3,10H2,1-2H3. The molecule has 0 bridgehead atoms. The van der Waals surface area contributed by atoms with Gasteiger partial charge in [-0.3, -0.25) is 0 Å². The smallest absolute Gasteiger partial charge is 0.163 e. The lowest BCUT2D eigenvalue weighted by molar-refractivity contribution is 0.311. The highest BCUT2D eigenvalue weighted by atomic mass is 35.5. The first-order valence-corrected chi connectivity index (χ1v) is 7.38. The molecule has 0 heterocycles. The summed E-state index contributed by atoms with van der Waals surface area (Å²) in [7, 11) is 1.62. The molecule has 0 fully saturated rings. The van der Waals surface area contributed by atoms with Gasteiger partial charge in [-0.2, -0.15) is 0 Å². The maximum absolute atomic E-state index is 6.16. The van der Waals surface area contributed by atoms with Crippen LogP contribution in [0.2, 0.25) is 10.0 Å². The monoisotopic (exact) mass is 325 g/mol. The molecule has 2 rings (SSSR count). The summed E-state index contributed by atoms with van der Waals surface area (Å²) in [5, 5.41) is 4.59. The molecule has 2 aromatic rings. The first-order chi connectivity index (χ1) is 10.1. The molecule has 0 amide bonds. The van der Waals surface area contributed by atoms with Crippen LogP contribution in [-0.2, 0) is 6.54 Å². The number of rotatable bonds is 6. The SMILES string of the molecule is CCOc1cc(NCc2ccc(Cl)cc2Cl)ccc1OC. The van der Waals surface area contributed by atoms with E-state index < -0.39 is 0 Å². The van der Waals surface area contributed by atoms with E-state index in [0.29, 0.717) is 34.7 Å². The molecule has 0 radical (unpaired) electrons. The Morgan fingerprint density at radius 1 is 1.05 bits per heavy atom. The molecule has 0 atom stereocenters. The molecule has 3 nitrogen and oxygen atoms in total. The fourth-order valence-corrected chi connectivity index (χ4v) is 2.39. The summed E-state index contributed by atoms with van der Waals surface area (Å²) in [6.07, 6.45) is 0. The van der Waals surface area contributed by atoms with Crippen molar-refractivity contribution >= 4 is 28.9 Å². The lowest BCUT2D eigenvalue weighted by Crippen LogP contribution is -2.01. The maximum Gasteiger partial charge on any atom is 0.163 e. The first kappa shape index (κ1) is 15.8. The van der Waals surface area contributed by atoms with E-state index in [1.807, 2.05) is 37.3 Å². The topological polar surface area (TPSA) is 30.5 Å². The van der Waals surface area contributed by atoms with Gasteiger partial charge in [-0.15, -0.1) is 0 Å². The average Bonchev–Trinajstić information content (AvgIpc) is 2.47. The molecule has 0 saturated carbocycles. The van der Waals surface area contributed by atoms with Gasteiger partial charge in [0.25, 0.3) is 0 Å². The van der Waals surface area contributed by atoms with Gasteiger partial charge in [-0.1, -0.05) is 29.3 Å². The molecule has 0 saturated heterocycles. The maximum atomic E-state index is 6.16. The summed E-state index contributed by atoms with van der Waals surface area (Å²) in [5.74, 6) is 1.43. The fraction of sp³-hybridized carbons (Fsp3) is 0.250. The van der Waals surface area contributed by atoms with Crippen molar-refractivity contribution in [3.8, 4) is 11.5 Å². The Labute approximate surface area is 134 Å². The molecule has 0 spiro atoms. The average molecular weight is 326 g/mol. The second-order valence-corrected chi connectivity index (χ2v) is 5.23. The van der Waals surface area contributed by atoms with Gasteiger partial charge in [0.1, 0.15) is 0 Å². The molecule has 0 aliphatic heterocycles. The van der Waals surface area contributed by atoms with Crippen LogP contribution in [0.1, 0.15) is 12.5 Å². The zero-order chi connectivity index (χ0) is 15.2. The lowest BCUT2D eigenvalue weighted by Gasteiger charge is -2.13. The molecule has 0 unspecified atom stereocenters. The molecule has 5 heteroatoms. The summed E-state index contributed by atoms with van der Waals surface area (Å²) in [4.78, 5) is 0. The molecule has 0 aliphatic carbocycles. The van der Waals surface area contributed by atoms with Gasteiger partial charge >= 0.3 is 0 Å². The number of methoxy groups -OCH3 is 1. The van der Waals surface area contributed by atoms with Crippen LogP contribution in [0.15, 0.2) is 36.4 Å². The largest absolute Gasteiger partial charge is 0.493 e. The van der Waals surface area contributed by atoms with Crippen LogP contribution < -0.4 is 14.8 Å². The number of nitrogens with one attached hydrogen (secondary N) is 1. The Kier molecular flexibility index (Phi) is 5.59. The second-order valence-electron chi connectivity index (χ2n) is 4.39. The predicted octanol–water partition coefficient (Wildman–Crippen LogP) is 5.01. The van der Waals surface area contributed by atoms with Crippen molar-refractivity contribution in [2.45, 2.75) is 13.5 Å². The molecular formula is C16H17Cl2NO2. The fourth-order valence-electron chi connectivity index (χ4n) is 1.92. The van der Waals surface area contributed by atoms with Crippen molar-refractivity contribution in [1.82, 2.24) is 0 Å². The Hall–Kier alpha value is -1.58. The number of benzene rings is 2. The third-order valence-electron chi connectivity index (χ3n) is 2.96. The van der Waals surface area contributed by atoms with Gasteiger partial charge in [0.15, 0.2) is 11.5 Å². The molecule has 2 aromatic carbocycles. The molecular weight excluding hydrogens is 309 g/mol. The van der Waals surface area contributed by atoms with Crippen molar-refractivity contribution in [2.24, 2.45) is 0 Å². The second kappa shape index (κ2) is 7.43. The van der Waals surface area contributed by atoms with Crippen molar-refractivity contribution in [2.75, 3.05) is 19.0 Å². The van der Waals surface area contributed by atoms with Crippen LogP contribution in [-0.4, -0.2) is 13.7 Å². The van der Waals surface area contributed by atoms with Gasteiger partial charge in [-0.25, -0.2) is 0 Å². The molecule has 0 aliphatic rings. The van der Waals surface area contributed by atoms with E-state index in [1.54, 1.807) is 13.2 Å². The molecule has 0 aromatic heterocycles. The van der Waals surface area contributed by atoms with Crippen molar-refractivity contribution in [3.63, 3.8) is 0 Å². The summed E-state index contributed by atoms with van der Waals surface area (Å²) < 4.78 is 10.8. The quantitative estimate of drug-likeness (QED) is 0.809. The third-order valence-corrected chi connectivity index (χ3v) is 3.55. The predicted molar refractivity (Wildman–Crippen MR) is 88.0 cm³/mol. The van der Waals surface area contributed by atoms with Gasteiger partial charge in [0.05, 0.1) is 13.7 Å². The van der Waals surface area contributed by atoms with Crippen LogP contribution in [0.4, 0.5) is 5.69 Å². The normalized spacial score (nSPS) is 10.3. The summed E-state index contributed by atoms with van der Waals surface area (Å²) >= 11 is 12.0. The van der Waals surface area contributed by atoms with E-state index in [0.717, 1.165) is 11.3 Å². The van der Waals surface area contributed by atoms with E-state index in [1.165, 1.54) is 0 Å². The number of ether oxygens (including phenoxy) is 2. The van der Waals surface area contributed by atoms with Gasteiger partial charge in [0, 0.05) is 28.3 Å². The van der Waals surface area contributed by atoms with Gasteiger partial charge < -0.3 is 14.8 Å². The molecule has 1 N–H and O–H groups in total. The molecule has 21 heavy (non-hydrogen) atoms. The van der Waals surface area contributed by atoms with Crippen LogP contribution in [0.5, 0.6) is 11.5 Å². The van der Waals surface area contributed by atoms with Crippen molar-refractivity contribution in [3.05, 3.63) is 52.0 Å². The highest BCUT2D eigenvalue weighted by molar-refractivity contribution is 6.35. The van der Waals surface area contributed by atoms with Gasteiger partial charge in [0.2, 0.25) is 0 Å².